The van der Waals surface area contributed by atoms with E-state index in [-0.39, 0.29) is 5.78 Å². The molecule has 0 atom stereocenters. The smallest absolute Gasteiger partial charge is 0.164 e. The van der Waals surface area contributed by atoms with E-state index in [0.717, 1.165) is 5.56 Å². The van der Waals surface area contributed by atoms with E-state index in [1.165, 1.54) is 0 Å². The SMILES string of the molecule is COc1cccc(CCC(=O)c2ccc(Cl)cc2Cl)c1OC. The van der Waals surface area contributed by atoms with Gasteiger partial charge in [0.05, 0.1) is 19.2 Å². The van der Waals surface area contributed by atoms with Gasteiger partial charge in [-0.1, -0.05) is 35.3 Å². The Labute approximate surface area is 139 Å². The molecule has 22 heavy (non-hydrogen) atoms. The third-order valence-electron chi connectivity index (χ3n) is 3.34. The average molecular weight is 339 g/mol. The molecule has 0 N–H and O–H groups in total. The highest BCUT2D eigenvalue weighted by molar-refractivity contribution is 6.36. The number of ketones is 1. The van der Waals surface area contributed by atoms with E-state index < -0.39 is 0 Å². The molecule has 0 unspecified atom stereocenters. The van der Waals surface area contributed by atoms with E-state index in [1.807, 2.05) is 18.2 Å². The third kappa shape index (κ3) is 3.73. The second-order valence-electron chi connectivity index (χ2n) is 4.70. The number of benzene rings is 2. The molecule has 116 valence electrons. The number of para-hydroxylation sites is 1. The average Bonchev–Trinajstić information content (AvgIpc) is 2.51. The summed E-state index contributed by atoms with van der Waals surface area (Å²) in [5.41, 5.74) is 1.40. The zero-order chi connectivity index (χ0) is 16.1. The minimum Gasteiger partial charge on any atom is -0.493 e. The van der Waals surface area contributed by atoms with E-state index in [1.54, 1.807) is 32.4 Å². The second-order valence-corrected chi connectivity index (χ2v) is 5.54. The highest BCUT2D eigenvalue weighted by atomic mass is 35.5. The Kier molecular flexibility index (Phi) is 5.69. The second kappa shape index (κ2) is 7.52. The van der Waals surface area contributed by atoms with Crippen molar-refractivity contribution in [2.45, 2.75) is 12.8 Å². The quantitative estimate of drug-likeness (QED) is 0.708. The lowest BCUT2D eigenvalue weighted by molar-refractivity contribution is 0.0983. The van der Waals surface area contributed by atoms with Crippen molar-refractivity contribution in [2.24, 2.45) is 0 Å². The van der Waals surface area contributed by atoms with Crippen LogP contribution in [0.5, 0.6) is 11.5 Å². The van der Waals surface area contributed by atoms with Crippen molar-refractivity contribution in [2.75, 3.05) is 14.2 Å². The zero-order valence-electron chi connectivity index (χ0n) is 12.4. The summed E-state index contributed by atoms with van der Waals surface area (Å²) in [6.45, 7) is 0. The van der Waals surface area contributed by atoms with Crippen LogP contribution in [0.2, 0.25) is 10.0 Å². The van der Waals surface area contributed by atoms with Gasteiger partial charge in [-0.3, -0.25) is 4.79 Å². The van der Waals surface area contributed by atoms with Crippen molar-refractivity contribution in [1.82, 2.24) is 0 Å². The van der Waals surface area contributed by atoms with Gasteiger partial charge in [-0.15, -0.1) is 0 Å². The van der Waals surface area contributed by atoms with E-state index in [9.17, 15) is 4.79 Å². The molecule has 0 aliphatic rings. The molecule has 0 heterocycles. The molecule has 0 amide bonds. The minimum atomic E-state index is -0.0356. The van der Waals surface area contributed by atoms with Crippen LogP contribution in [0.4, 0.5) is 0 Å². The summed E-state index contributed by atoms with van der Waals surface area (Å²) < 4.78 is 10.6. The zero-order valence-corrected chi connectivity index (χ0v) is 13.9. The summed E-state index contributed by atoms with van der Waals surface area (Å²) in [5, 5.41) is 0.881. The molecule has 0 saturated carbocycles. The van der Waals surface area contributed by atoms with E-state index in [0.29, 0.717) is 39.9 Å². The minimum absolute atomic E-state index is 0.0356. The number of hydrogen-bond donors (Lipinski definition) is 0. The standard InChI is InChI=1S/C17H16Cl2O3/c1-21-16-5-3-4-11(17(16)22-2)6-9-15(20)13-8-7-12(18)10-14(13)19/h3-5,7-8,10H,6,9H2,1-2H3. The number of Topliss-reactive ketones (excluding diaryl/α,β-unsaturated/α-hetero) is 1. The van der Waals surface area contributed by atoms with Crippen molar-refractivity contribution < 1.29 is 14.3 Å². The van der Waals surface area contributed by atoms with Crippen LogP contribution < -0.4 is 9.47 Å². The van der Waals surface area contributed by atoms with E-state index >= 15 is 0 Å². The summed E-state index contributed by atoms with van der Waals surface area (Å²) in [7, 11) is 3.17. The first kappa shape index (κ1) is 16.7. The lowest BCUT2D eigenvalue weighted by Gasteiger charge is -2.12. The van der Waals surface area contributed by atoms with Gasteiger partial charge in [0, 0.05) is 17.0 Å². The fraction of sp³-hybridized carbons (Fsp3) is 0.235. The number of carbonyl (C=O) groups is 1. The number of ether oxygens (including phenoxy) is 2. The van der Waals surface area contributed by atoms with Crippen molar-refractivity contribution in [3.05, 3.63) is 57.6 Å². The molecule has 0 fully saturated rings. The first-order chi connectivity index (χ1) is 10.6. The Hall–Kier alpha value is -1.71. The third-order valence-corrected chi connectivity index (χ3v) is 3.89. The first-order valence-corrected chi connectivity index (χ1v) is 7.50. The van der Waals surface area contributed by atoms with Crippen LogP contribution in [-0.2, 0) is 6.42 Å². The van der Waals surface area contributed by atoms with Gasteiger partial charge in [0.15, 0.2) is 17.3 Å². The highest BCUT2D eigenvalue weighted by Gasteiger charge is 2.14. The van der Waals surface area contributed by atoms with Gasteiger partial charge in [0.1, 0.15) is 0 Å². The lowest BCUT2D eigenvalue weighted by atomic mass is 10.0. The van der Waals surface area contributed by atoms with Crippen molar-refractivity contribution in [3.63, 3.8) is 0 Å². The molecular weight excluding hydrogens is 323 g/mol. The van der Waals surface area contributed by atoms with Crippen LogP contribution in [0.15, 0.2) is 36.4 Å². The van der Waals surface area contributed by atoms with Crippen molar-refractivity contribution in [3.8, 4) is 11.5 Å². The Morgan fingerprint density at radius 2 is 1.86 bits per heavy atom. The van der Waals surface area contributed by atoms with Gasteiger partial charge < -0.3 is 9.47 Å². The summed E-state index contributed by atoms with van der Waals surface area (Å²) >= 11 is 11.9. The van der Waals surface area contributed by atoms with E-state index in [2.05, 4.69) is 0 Å². The summed E-state index contributed by atoms with van der Waals surface area (Å²) in [4.78, 5) is 12.3. The van der Waals surface area contributed by atoms with Crippen LogP contribution in [0.1, 0.15) is 22.3 Å². The number of hydrogen-bond acceptors (Lipinski definition) is 3. The molecule has 2 aromatic rings. The summed E-state index contributed by atoms with van der Waals surface area (Å²) in [6.07, 6.45) is 0.864. The molecule has 5 heteroatoms. The molecule has 0 aromatic heterocycles. The fourth-order valence-corrected chi connectivity index (χ4v) is 2.76. The summed E-state index contributed by atoms with van der Waals surface area (Å²) in [5.74, 6) is 1.27. The Morgan fingerprint density at radius 1 is 1.09 bits per heavy atom. The van der Waals surface area contributed by atoms with Crippen LogP contribution in [0.25, 0.3) is 0 Å². The van der Waals surface area contributed by atoms with E-state index in [4.69, 9.17) is 32.7 Å². The Morgan fingerprint density at radius 3 is 2.50 bits per heavy atom. The number of halogens is 2. The van der Waals surface area contributed by atoms with Gasteiger partial charge in [0.2, 0.25) is 0 Å². The molecule has 0 saturated heterocycles. The monoisotopic (exact) mass is 338 g/mol. The predicted molar refractivity (Wildman–Crippen MR) is 88.7 cm³/mol. The number of methoxy groups -OCH3 is 2. The topological polar surface area (TPSA) is 35.5 Å². The Balaban J connectivity index is 2.14. The largest absolute Gasteiger partial charge is 0.493 e. The summed E-state index contributed by atoms with van der Waals surface area (Å²) in [6, 6.07) is 10.5. The Bertz CT molecular complexity index is 684. The van der Waals surface area contributed by atoms with Gasteiger partial charge in [0.25, 0.3) is 0 Å². The normalized spacial score (nSPS) is 10.4. The van der Waals surface area contributed by atoms with Gasteiger partial charge in [-0.25, -0.2) is 0 Å². The van der Waals surface area contributed by atoms with Crippen molar-refractivity contribution >= 4 is 29.0 Å². The van der Waals surface area contributed by atoms with Gasteiger partial charge in [-0.05, 0) is 36.2 Å². The van der Waals surface area contributed by atoms with Gasteiger partial charge >= 0.3 is 0 Å². The number of rotatable bonds is 6. The number of carbonyl (C=O) groups excluding carboxylic acids is 1. The molecule has 0 spiro atoms. The maximum absolute atomic E-state index is 12.3. The van der Waals surface area contributed by atoms with Crippen LogP contribution in [0.3, 0.4) is 0 Å². The van der Waals surface area contributed by atoms with Crippen molar-refractivity contribution in [1.29, 1.82) is 0 Å². The van der Waals surface area contributed by atoms with Gasteiger partial charge in [-0.2, -0.15) is 0 Å². The molecular formula is C17H16Cl2O3. The molecule has 0 radical (unpaired) electrons. The highest BCUT2D eigenvalue weighted by Crippen LogP contribution is 2.32. The van der Waals surface area contributed by atoms with Crippen LogP contribution in [-0.4, -0.2) is 20.0 Å². The fourth-order valence-electron chi connectivity index (χ4n) is 2.25. The van der Waals surface area contributed by atoms with Crippen LogP contribution in [0, 0.1) is 0 Å². The van der Waals surface area contributed by atoms with Crippen LogP contribution >= 0.6 is 23.2 Å². The number of aryl methyl sites for hydroxylation is 1. The lowest BCUT2D eigenvalue weighted by Crippen LogP contribution is -2.03. The molecule has 3 nitrogen and oxygen atoms in total. The molecule has 2 rings (SSSR count). The maximum atomic E-state index is 12.3. The molecule has 2 aromatic carbocycles. The first-order valence-electron chi connectivity index (χ1n) is 6.75. The molecule has 0 aliphatic heterocycles. The predicted octanol–water partition coefficient (Wildman–Crippen LogP) is 4.83. The molecule has 0 aliphatic carbocycles. The maximum Gasteiger partial charge on any atom is 0.164 e. The molecule has 0 bridgehead atoms.